The number of rotatable bonds is 0. The minimum Gasteiger partial charge on any atom is -0.375 e. The number of benzene rings is 1. The van der Waals surface area contributed by atoms with Crippen molar-refractivity contribution in [1.29, 1.82) is 0 Å². The summed E-state index contributed by atoms with van der Waals surface area (Å²) < 4.78 is 13.9. The summed E-state index contributed by atoms with van der Waals surface area (Å²) in [7, 11) is 0. The minimum absolute atomic E-state index is 0.345. The molecule has 68 valence electrons. The Morgan fingerprint density at radius 3 is 3.00 bits per heavy atom. The van der Waals surface area contributed by atoms with Crippen LogP contribution in [0.2, 0.25) is 5.02 Å². The van der Waals surface area contributed by atoms with Gasteiger partial charge >= 0.3 is 0 Å². The number of nitrogens with two attached hydrogens (primary N) is 1. The highest BCUT2D eigenvalue weighted by molar-refractivity contribution is 7.22. The Kier molecular flexibility index (Phi) is 1.89. The van der Waals surface area contributed by atoms with E-state index in [1.54, 1.807) is 6.92 Å². The van der Waals surface area contributed by atoms with Crippen LogP contribution in [0.25, 0.3) is 10.2 Å². The smallest absolute Gasteiger partial charge is 0.181 e. The van der Waals surface area contributed by atoms with Crippen LogP contribution in [0.1, 0.15) is 5.56 Å². The molecule has 0 saturated heterocycles. The second-order valence-corrected chi connectivity index (χ2v) is 4.13. The fourth-order valence-corrected chi connectivity index (χ4v) is 2.25. The van der Waals surface area contributed by atoms with Crippen LogP contribution in [-0.4, -0.2) is 4.98 Å². The molecular weight excluding hydrogens is 211 g/mol. The highest BCUT2D eigenvalue weighted by atomic mass is 35.5. The van der Waals surface area contributed by atoms with Gasteiger partial charge in [0.1, 0.15) is 5.82 Å². The Morgan fingerprint density at radius 2 is 2.31 bits per heavy atom. The van der Waals surface area contributed by atoms with Crippen molar-refractivity contribution in [2.45, 2.75) is 6.92 Å². The Bertz CT molecular complexity index is 480. The number of nitrogen functional groups attached to an aromatic ring is 1. The summed E-state index contributed by atoms with van der Waals surface area (Å²) in [4.78, 5) is 4.01. The zero-order chi connectivity index (χ0) is 9.59. The number of hydrogen-bond donors (Lipinski definition) is 1. The van der Waals surface area contributed by atoms with Crippen LogP contribution in [0.3, 0.4) is 0 Å². The van der Waals surface area contributed by atoms with Gasteiger partial charge in [-0.05, 0) is 13.0 Å². The summed E-state index contributed by atoms with van der Waals surface area (Å²) in [5.41, 5.74) is 6.56. The van der Waals surface area contributed by atoms with Gasteiger partial charge in [0.2, 0.25) is 0 Å². The molecule has 0 amide bonds. The first-order chi connectivity index (χ1) is 6.09. The van der Waals surface area contributed by atoms with Crippen molar-refractivity contribution in [2.75, 3.05) is 5.73 Å². The number of nitrogens with zero attached hydrogens (tertiary/aromatic N) is 1. The molecule has 0 saturated carbocycles. The normalized spacial score (nSPS) is 11.0. The third-order valence-electron chi connectivity index (χ3n) is 1.83. The van der Waals surface area contributed by atoms with Gasteiger partial charge in [0.05, 0.1) is 15.2 Å². The number of halogens is 2. The molecule has 0 aliphatic carbocycles. The Balaban J connectivity index is 2.95. The first-order valence-corrected chi connectivity index (χ1v) is 4.79. The van der Waals surface area contributed by atoms with Crippen molar-refractivity contribution >= 4 is 38.3 Å². The van der Waals surface area contributed by atoms with Gasteiger partial charge in [0, 0.05) is 5.56 Å². The molecular formula is C8H6ClFN2S. The van der Waals surface area contributed by atoms with E-state index < -0.39 is 0 Å². The lowest BCUT2D eigenvalue weighted by Gasteiger charge is -1.98. The van der Waals surface area contributed by atoms with Gasteiger partial charge in [-0.3, -0.25) is 0 Å². The standard InChI is InChI=1S/C8H6ClFN2S/c1-3-5(10)2-4(9)7-6(3)12-8(11)13-7/h2H,1H3,(H2,11,12). The number of fused-ring (bicyclic) bond motifs is 1. The van der Waals surface area contributed by atoms with Crippen molar-refractivity contribution in [3.05, 3.63) is 22.5 Å². The van der Waals surface area contributed by atoms with E-state index in [1.165, 1.54) is 17.4 Å². The molecule has 1 aromatic heterocycles. The van der Waals surface area contributed by atoms with Crippen LogP contribution < -0.4 is 5.73 Å². The van der Waals surface area contributed by atoms with E-state index in [4.69, 9.17) is 17.3 Å². The second kappa shape index (κ2) is 2.82. The molecule has 0 fully saturated rings. The SMILES string of the molecule is Cc1c(F)cc(Cl)c2sc(N)nc12. The highest BCUT2D eigenvalue weighted by Gasteiger charge is 2.11. The zero-order valence-electron chi connectivity index (χ0n) is 6.77. The van der Waals surface area contributed by atoms with Gasteiger partial charge in [-0.25, -0.2) is 9.37 Å². The fraction of sp³-hybridized carbons (Fsp3) is 0.125. The lowest BCUT2D eigenvalue weighted by atomic mass is 10.2. The summed E-state index contributed by atoms with van der Waals surface area (Å²) in [6.45, 7) is 1.66. The zero-order valence-corrected chi connectivity index (χ0v) is 8.34. The molecule has 0 aliphatic heterocycles. The Hall–Kier alpha value is -0.870. The molecule has 0 bridgehead atoms. The first-order valence-electron chi connectivity index (χ1n) is 3.60. The molecule has 0 unspecified atom stereocenters. The average Bonchev–Trinajstić information content (AvgIpc) is 2.44. The first kappa shape index (κ1) is 8.72. The van der Waals surface area contributed by atoms with Crippen LogP contribution in [0.4, 0.5) is 9.52 Å². The van der Waals surface area contributed by atoms with E-state index in [-0.39, 0.29) is 5.82 Å². The minimum atomic E-state index is -0.345. The van der Waals surface area contributed by atoms with Gasteiger partial charge in [-0.15, -0.1) is 0 Å². The van der Waals surface area contributed by atoms with E-state index in [9.17, 15) is 4.39 Å². The predicted octanol–water partition coefficient (Wildman–Crippen LogP) is 2.98. The van der Waals surface area contributed by atoms with Gasteiger partial charge in [0.15, 0.2) is 5.13 Å². The summed E-state index contributed by atoms with van der Waals surface area (Å²) in [6.07, 6.45) is 0. The molecule has 2 N–H and O–H groups in total. The molecule has 0 spiro atoms. The lowest BCUT2D eigenvalue weighted by molar-refractivity contribution is 0.621. The van der Waals surface area contributed by atoms with Crippen molar-refractivity contribution < 1.29 is 4.39 Å². The van der Waals surface area contributed by atoms with Crippen LogP contribution in [-0.2, 0) is 0 Å². The molecule has 0 radical (unpaired) electrons. The molecule has 0 aliphatic rings. The van der Waals surface area contributed by atoms with E-state index in [2.05, 4.69) is 4.98 Å². The van der Waals surface area contributed by atoms with Crippen LogP contribution in [0.5, 0.6) is 0 Å². The number of hydrogen-bond acceptors (Lipinski definition) is 3. The quantitative estimate of drug-likeness (QED) is 0.735. The lowest BCUT2D eigenvalue weighted by Crippen LogP contribution is -1.85. The third kappa shape index (κ3) is 1.26. The number of thiazole rings is 1. The largest absolute Gasteiger partial charge is 0.375 e. The molecule has 2 rings (SSSR count). The number of aryl methyl sites for hydroxylation is 1. The van der Waals surface area contributed by atoms with Gasteiger partial charge in [-0.1, -0.05) is 22.9 Å². The van der Waals surface area contributed by atoms with Crippen LogP contribution in [0, 0.1) is 12.7 Å². The maximum Gasteiger partial charge on any atom is 0.181 e. The van der Waals surface area contributed by atoms with E-state index in [0.29, 0.717) is 21.2 Å². The molecule has 5 heteroatoms. The van der Waals surface area contributed by atoms with Crippen molar-refractivity contribution in [2.24, 2.45) is 0 Å². The van der Waals surface area contributed by atoms with Crippen molar-refractivity contribution in [3.63, 3.8) is 0 Å². The predicted molar refractivity (Wildman–Crippen MR) is 53.7 cm³/mol. The Morgan fingerprint density at radius 1 is 1.62 bits per heavy atom. The number of aromatic nitrogens is 1. The molecule has 1 heterocycles. The van der Waals surface area contributed by atoms with Crippen molar-refractivity contribution in [3.8, 4) is 0 Å². The number of anilines is 1. The second-order valence-electron chi connectivity index (χ2n) is 2.70. The monoisotopic (exact) mass is 216 g/mol. The molecule has 2 aromatic rings. The van der Waals surface area contributed by atoms with Gasteiger partial charge in [0.25, 0.3) is 0 Å². The van der Waals surface area contributed by atoms with E-state index in [1.807, 2.05) is 0 Å². The summed E-state index contributed by atoms with van der Waals surface area (Å²) >= 11 is 7.09. The summed E-state index contributed by atoms with van der Waals surface area (Å²) in [5.74, 6) is -0.345. The third-order valence-corrected chi connectivity index (χ3v) is 3.16. The van der Waals surface area contributed by atoms with Crippen LogP contribution in [0.15, 0.2) is 6.07 Å². The van der Waals surface area contributed by atoms with Gasteiger partial charge < -0.3 is 5.73 Å². The van der Waals surface area contributed by atoms with Gasteiger partial charge in [-0.2, -0.15) is 0 Å². The molecule has 0 atom stereocenters. The Labute approximate surface area is 83.1 Å². The fourth-order valence-electron chi connectivity index (χ4n) is 1.15. The maximum atomic E-state index is 13.2. The van der Waals surface area contributed by atoms with Crippen LogP contribution >= 0.6 is 22.9 Å². The maximum absolute atomic E-state index is 13.2. The molecule has 2 nitrogen and oxygen atoms in total. The average molecular weight is 217 g/mol. The van der Waals surface area contributed by atoms with E-state index in [0.717, 1.165) is 4.70 Å². The van der Waals surface area contributed by atoms with Crippen molar-refractivity contribution in [1.82, 2.24) is 4.98 Å². The summed E-state index contributed by atoms with van der Waals surface area (Å²) in [5, 5.41) is 0.776. The summed E-state index contributed by atoms with van der Waals surface area (Å²) in [6, 6.07) is 1.29. The van der Waals surface area contributed by atoms with E-state index >= 15 is 0 Å². The topological polar surface area (TPSA) is 38.9 Å². The molecule has 13 heavy (non-hydrogen) atoms. The molecule has 1 aromatic carbocycles. The highest BCUT2D eigenvalue weighted by Crippen LogP contribution is 2.33.